The molecule has 0 aliphatic rings. The number of esters is 3. The molecule has 0 saturated carbocycles. The first-order valence-electron chi connectivity index (χ1n) is 7.63. The van der Waals surface area contributed by atoms with Crippen LogP contribution in [0.1, 0.15) is 10.4 Å². The number of nitrogens with two attached hydrogens (primary N) is 2. The molecule has 0 aliphatic heterocycles. The van der Waals surface area contributed by atoms with Crippen molar-refractivity contribution >= 4 is 23.8 Å². The molecular formula is C16H19N3O9. The molecule has 0 fully saturated rings. The number of aliphatic hydroxyl groups excluding tert-OH is 1. The minimum absolute atomic E-state index is 0.411. The summed E-state index contributed by atoms with van der Waals surface area (Å²) >= 11 is 0. The number of benzene rings is 1. The summed E-state index contributed by atoms with van der Waals surface area (Å²) in [4.78, 5) is 47.3. The van der Waals surface area contributed by atoms with Crippen LogP contribution in [0.4, 0.5) is 0 Å². The summed E-state index contributed by atoms with van der Waals surface area (Å²) in [5, 5.41) is 30.0. The van der Waals surface area contributed by atoms with Gasteiger partial charge in [0.15, 0.2) is 17.5 Å². The highest BCUT2D eigenvalue weighted by atomic mass is 16.6. The fraction of sp³-hybridized carbons (Fsp3) is 0.250. The largest absolute Gasteiger partial charge is 0.504 e. The summed E-state index contributed by atoms with van der Waals surface area (Å²) in [6, 6.07) is 0.384. The van der Waals surface area contributed by atoms with Crippen LogP contribution in [0.2, 0.25) is 0 Å². The zero-order valence-corrected chi connectivity index (χ0v) is 14.5. The van der Waals surface area contributed by atoms with Crippen molar-refractivity contribution in [3.63, 3.8) is 0 Å². The van der Waals surface area contributed by atoms with Gasteiger partial charge < -0.3 is 41.6 Å². The van der Waals surface area contributed by atoms with Crippen molar-refractivity contribution in [3.8, 4) is 11.5 Å². The van der Waals surface area contributed by atoms with Crippen molar-refractivity contribution in [3.05, 3.63) is 36.0 Å². The van der Waals surface area contributed by atoms with Crippen LogP contribution in [0, 0.1) is 0 Å². The van der Waals surface area contributed by atoms with E-state index < -0.39 is 71.9 Å². The van der Waals surface area contributed by atoms with Gasteiger partial charge in [0, 0.05) is 0 Å². The number of phenolic OH excluding ortho intramolecular Hbond substituents is 2. The Hall–Kier alpha value is -3.64. The highest BCUT2D eigenvalue weighted by molar-refractivity contribution is 6.02. The maximum Gasteiger partial charge on any atom is 0.361 e. The molecule has 2 atom stereocenters. The average molecular weight is 397 g/mol. The fourth-order valence-corrected chi connectivity index (χ4v) is 1.69. The second kappa shape index (κ2) is 9.89. The SMILES string of the molecule is C=C(N)C(=O)OC(=O)[C@H](COC(=O)[C@@H](N)CO)NC(=O)c1cccc(O)c1O. The molecule has 1 aromatic rings. The Morgan fingerprint density at radius 1 is 1.18 bits per heavy atom. The minimum Gasteiger partial charge on any atom is -0.504 e. The molecular weight excluding hydrogens is 378 g/mol. The standard InChI is InChI=1S/C16H19N3O9/c1-7(17)14(24)28-16(26)10(6-27-15(25)9(18)5-20)19-13(23)8-3-2-4-11(21)12(8)22/h2-4,9-10,20-22H,1,5-6,17-18H2,(H,19,23)/t9-,10-/m0/s1. The third-order valence-corrected chi connectivity index (χ3v) is 3.20. The number of carbonyl (C=O) groups excluding carboxylic acids is 4. The number of nitrogens with one attached hydrogen (secondary N) is 1. The van der Waals surface area contributed by atoms with Crippen LogP contribution < -0.4 is 16.8 Å². The van der Waals surface area contributed by atoms with E-state index in [2.05, 4.69) is 16.6 Å². The van der Waals surface area contributed by atoms with E-state index >= 15 is 0 Å². The number of ether oxygens (including phenoxy) is 2. The summed E-state index contributed by atoms with van der Waals surface area (Å²) in [5.74, 6) is -6.15. The predicted molar refractivity (Wildman–Crippen MR) is 91.5 cm³/mol. The molecule has 0 aromatic heterocycles. The molecule has 1 aromatic carbocycles. The third kappa shape index (κ3) is 5.96. The second-order valence-corrected chi connectivity index (χ2v) is 5.35. The van der Waals surface area contributed by atoms with E-state index in [1.165, 1.54) is 6.07 Å². The van der Waals surface area contributed by atoms with E-state index in [4.69, 9.17) is 21.3 Å². The summed E-state index contributed by atoms with van der Waals surface area (Å²) < 4.78 is 9.08. The first-order valence-corrected chi connectivity index (χ1v) is 7.63. The molecule has 0 radical (unpaired) electrons. The van der Waals surface area contributed by atoms with Crippen LogP contribution in [0.5, 0.6) is 11.5 Å². The molecule has 0 bridgehead atoms. The van der Waals surface area contributed by atoms with Crippen LogP contribution in [-0.2, 0) is 23.9 Å². The molecule has 0 aliphatic carbocycles. The highest BCUT2D eigenvalue weighted by Gasteiger charge is 2.29. The Labute approximate surface area is 158 Å². The molecule has 12 heteroatoms. The third-order valence-electron chi connectivity index (χ3n) is 3.20. The lowest BCUT2D eigenvalue weighted by Crippen LogP contribution is -2.47. The predicted octanol–water partition coefficient (Wildman–Crippen LogP) is -2.40. The molecule has 0 heterocycles. The van der Waals surface area contributed by atoms with Gasteiger partial charge in [0.1, 0.15) is 18.3 Å². The van der Waals surface area contributed by atoms with Gasteiger partial charge in [0.2, 0.25) is 0 Å². The number of rotatable bonds is 8. The first kappa shape index (κ1) is 22.4. The number of hydrogen-bond acceptors (Lipinski definition) is 11. The van der Waals surface area contributed by atoms with Crippen molar-refractivity contribution in [1.29, 1.82) is 0 Å². The van der Waals surface area contributed by atoms with Crippen LogP contribution in [-0.4, -0.2) is 64.4 Å². The van der Waals surface area contributed by atoms with Gasteiger partial charge >= 0.3 is 17.9 Å². The van der Waals surface area contributed by atoms with Gasteiger partial charge in [-0.2, -0.15) is 0 Å². The Bertz CT molecular complexity index is 794. The number of para-hydroxylation sites is 1. The molecule has 152 valence electrons. The first-order chi connectivity index (χ1) is 13.1. The highest BCUT2D eigenvalue weighted by Crippen LogP contribution is 2.28. The monoisotopic (exact) mass is 397 g/mol. The lowest BCUT2D eigenvalue weighted by molar-refractivity contribution is -0.160. The van der Waals surface area contributed by atoms with E-state index in [9.17, 15) is 29.4 Å². The molecule has 12 nitrogen and oxygen atoms in total. The maximum absolute atomic E-state index is 12.3. The van der Waals surface area contributed by atoms with Gasteiger partial charge in [-0.25, -0.2) is 9.59 Å². The van der Waals surface area contributed by atoms with Crippen molar-refractivity contribution in [2.24, 2.45) is 11.5 Å². The lowest BCUT2D eigenvalue weighted by atomic mass is 10.1. The van der Waals surface area contributed by atoms with Gasteiger partial charge in [-0.3, -0.25) is 9.59 Å². The summed E-state index contributed by atoms with van der Waals surface area (Å²) in [7, 11) is 0. The Morgan fingerprint density at radius 2 is 1.82 bits per heavy atom. The van der Waals surface area contributed by atoms with E-state index in [0.29, 0.717) is 0 Å². The lowest BCUT2D eigenvalue weighted by Gasteiger charge is -2.18. The topological polar surface area (TPSA) is 212 Å². The van der Waals surface area contributed by atoms with E-state index in [-0.39, 0.29) is 0 Å². The fourth-order valence-electron chi connectivity index (χ4n) is 1.69. The zero-order valence-electron chi connectivity index (χ0n) is 14.5. The number of amides is 1. The smallest absolute Gasteiger partial charge is 0.361 e. The Kier molecular flexibility index (Phi) is 7.91. The van der Waals surface area contributed by atoms with Gasteiger partial charge in [-0.15, -0.1) is 0 Å². The molecule has 8 N–H and O–H groups in total. The van der Waals surface area contributed by atoms with Crippen molar-refractivity contribution < 1.29 is 44.0 Å². The normalized spacial score (nSPS) is 12.4. The van der Waals surface area contributed by atoms with Gasteiger partial charge in [0.05, 0.1) is 12.2 Å². The molecule has 0 saturated heterocycles. The summed E-state index contributed by atoms with van der Waals surface area (Å²) in [6.45, 7) is 1.53. The zero-order chi connectivity index (χ0) is 21.4. The van der Waals surface area contributed by atoms with Crippen LogP contribution in [0.15, 0.2) is 30.5 Å². The van der Waals surface area contributed by atoms with Gasteiger partial charge in [-0.1, -0.05) is 12.6 Å². The quantitative estimate of drug-likeness (QED) is 0.118. The minimum atomic E-state index is -1.72. The maximum atomic E-state index is 12.3. The summed E-state index contributed by atoms with van der Waals surface area (Å²) in [5.41, 5.74) is 9.35. The second-order valence-electron chi connectivity index (χ2n) is 5.35. The summed E-state index contributed by atoms with van der Waals surface area (Å²) in [6.07, 6.45) is 0. The number of hydrogen-bond donors (Lipinski definition) is 6. The number of carbonyl (C=O) groups is 4. The van der Waals surface area contributed by atoms with Crippen LogP contribution in [0.25, 0.3) is 0 Å². The molecule has 1 rings (SSSR count). The van der Waals surface area contributed by atoms with Crippen molar-refractivity contribution in [1.82, 2.24) is 5.32 Å². The van der Waals surface area contributed by atoms with Crippen molar-refractivity contribution in [2.75, 3.05) is 13.2 Å². The number of aliphatic hydroxyl groups is 1. The Balaban J connectivity index is 2.98. The molecule has 28 heavy (non-hydrogen) atoms. The molecule has 0 spiro atoms. The van der Waals surface area contributed by atoms with Crippen molar-refractivity contribution in [2.45, 2.75) is 12.1 Å². The number of aromatic hydroxyl groups is 2. The van der Waals surface area contributed by atoms with Crippen LogP contribution in [0.3, 0.4) is 0 Å². The van der Waals surface area contributed by atoms with E-state index in [1.54, 1.807) is 0 Å². The Morgan fingerprint density at radius 3 is 2.39 bits per heavy atom. The van der Waals surface area contributed by atoms with Gasteiger partial charge in [0.25, 0.3) is 5.91 Å². The molecule has 0 unspecified atom stereocenters. The molecule has 1 amide bonds. The van der Waals surface area contributed by atoms with E-state index in [1.807, 2.05) is 0 Å². The number of phenols is 2. The van der Waals surface area contributed by atoms with Gasteiger partial charge in [-0.05, 0) is 12.1 Å². The van der Waals surface area contributed by atoms with E-state index in [0.717, 1.165) is 12.1 Å². The van der Waals surface area contributed by atoms with Crippen LogP contribution >= 0.6 is 0 Å². The average Bonchev–Trinajstić information content (AvgIpc) is 2.65.